The molecule has 0 fully saturated rings. The van der Waals surface area contributed by atoms with E-state index < -0.39 is 10.1 Å². The van der Waals surface area contributed by atoms with Crippen LogP contribution in [0.2, 0.25) is 0 Å². The molecule has 1 N–H and O–H groups in total. The van der Waals surface area contributed by atoms with E-state index in [9.17, 15) is 8.42 Å². The lowest BCUT2D eigenvalue weighted by Crippen LogP contribution is -1.98. The van der Waals surface area contributed by atoms with Crippen LogP contribution >= 0.6 is 0 Å². The first kappa shape index (κ1) is 14.8. The summed E-state index contributed by atoms with van der Waals surface area (Å²) in [5.74, 6) is 0. The van der Waals surface area contributed by atoms with Crippen LogP contribution in [0.4, 0.5) is 0 Å². The fraction of sp³-hybridized carbons (Fsp3) is 0.250. The van der Waals surface area contributed by atoms with Gasteiger partial charge in [0.25, 0.3) is 10.1 Å². The summed E-state index contributed by atoms with van der Waals surface area (Å²) < 4.78 is 30.7. The quantitative estimate of drug-likeness (QED) is 0.654. The lowest BCUT2D eigenvalue weighted by Gasteiger charge is -2.03. The molecule has 0 aliphatic carbocycles. The van der Waals surface area contributed by atoms with E-state index in [-0.39, 0.29) is 4.90 Å². The minimum Gasteiger partial charge on any atom is -0.282 e. The number of unbranched alkanes of at least 4 members (excludes halogenated alkanes) is 1. The molecule has 0 aliphatic rings. The zero-order chi connectivity index (χ0) is 14.4. The number of hydrogen-bond acceptors (Lipinski definition) is 2. The van der Waals surface area contributed by atoms with Crippen molar-refractivity contribution in [3.8, 4) is 0 Å². The number of aryl methyl sites for hydroxylation is 2. The van der Waals surface area contributed by atoms with Gasteiger partial charge in [-0.05, 0) is 48.9 Å². The molecule has 2 aromatic rings. The second-order valence-corrected chi connectivity index (χ2v) is 6.23. The largest absolute Gasteiger partial charge is 0.294 e. The minimum absolute atomic E-state index is 0.0504. The maximum absolute atomic E-state index is 10.9. The standard InChI is InChI=1S/C16H18O3S/c17-20(18,19)16-12-10-15(11-13-16)9-5-4-8-14-6-2-1-3-7-14/h1-3,6-7,10-13H,4-5,8-9H2,(H,17,18,19). The van der Waals surface area contributed by atoms with Crippen LogP contribution in [-0.4, -0.2) is 13.0 Å². The fourth-order valence-corrected chi connectivity index (χ4v) is 2.61. The molecule has 4 heteroatoms. The van der Waals surface area contributed by atoms with Crippen LogP contribution in [0.15, 0.2) is 59.5 Å². The summed E-state index contributed by atoms with van der Waals surface area (Å²) in [7, 11) is -4.08. The van der Waals surface area contributed by atoms with Crippen molar-refractivity contribution in [2.45, 2.75) is 30.6 Å². The van der Waals surface area contributed by atoms with Crippen LogP contribution in [-0.2, 0) is 23.0 Å². The van der Waals surface area contributed by atoms with Gasteiger partial charge in [0.2, 0.25) is 0 Å². The number of hydrogen-bond donors (Lipinski definition) is 1. The maximum Gasteiger partial charge on any atom is 0.294 e. The molecule has 0 heterocycles. The Labute approximate surface area is 120 Å². The van der Waals surface area contributed by atoms with Gasteiger partial charge in [0.15, 0.2) is 0 Å². The van der Waals surface area contributed by atoms with E-state index in [1.807, 2.05) is 18.2 Å². The van der Waals surface area contributed by atoms with Gasteiger partial charge in [-0.15, -0.1) is 0 Å². The van der Waals surface area contributed by atoms with Crippen molar-refractivity contribution in [3.63, 3.8) is 0 Å². The van der Waals surface area contributed by atoms with Gasteiger partial charge in [-0.2, -0.15) is 8.42 Å². The van der Waals surface area contributed by atoms with Gasteiger partial charge in [0, 0.05) is 0 Å². The van der Waals surface area contributed by atoms with Gasteiger partial charge >= 0.3 is 0 Å². The molecular weight excluding hydrogens is 272 g/mol. The highest BCUT2D eigenvalue weighted by atomic mass is 32.2. The first-order chi connectivity index (χ1) is 9.55. The molecule has 0 saturated carbocycles. The van der Waals surface area contributed by atoms with Crippen molar-refractivity contribution in [2.24, 2.45) is 0 Å². The Morgan fingerprint density at radius 2 is 1.25 bits per heavy atom. The van der Waals surface area contributed by atoms with E-state index >= 15 is 0 Å². The van der Waals surface area contributed by atoms with E-state index in [2.05, 4.69) is 12.1 Å². The Hall–Kier alpha value is -1.65. The monoisotopic (exact) mass is 290 g/mol. The van der Waals surface area contributed by atoms with Crippen LogP contribution in [0.25, 0.3) is 0 Å². The normalized spacial score (nSPS) is 11.4. The smallest absolute Gasteiger partial charge is 0.282 e. The highest BCUT2D eigenvalue weighted by Crippen LogP contribution is 2.13. The summed E-state index contributed by atoms with van der Waals surface area (Å²) in [4.78, 5) is -0.0504. The van der Waals surface area contributed by atoms with Gasteiger partial charge in [-0.1, -0.05) is 42.5 Å². The van der Waals surface area contributed by atoms with Crippen LogP contribution in [0.5, 0.6) is 0 Å². The third kappa shape index (κ3) is 4.47. The van der Waals surface area contributed by atoms with Crippen LogP contribution in [0.3, 0.4) is 0 Å². The Kier molecular flexibility index (Phi) is 4.93. The van der Waals surface area contributed by atoms with Crippen molar-refractivity contribution in [1.29, 1.82) is 0 Å². The van der Waals surface area contributed by atoms with Gasteiger partial charge < -0.3 is 0 Å². The SMILES string of the molecule is O=S(=O)(O)c1ccc(CCCCc2ccccc2)cc1. The van der Waals surface area contributed by atoms with Crippen molar-refractivity contribution >= 4 is 10.1 Å². The molecular formula is C16H18O3S. The summed E-state index contributed by atoms with van der Waals surface area (Å²) in [6.45, 7) is 0. The summed E-state index contributed by atoms with van der Waals surface area (Å²) >= 11 is 0. The summed E-state index contributed by atoms with van der Waals surface area (Å²) in [5.41, 5.74) is 2.43. The van der Waals surface area contributed by atoms with Gasteiger partial charge in [0.1, 0.15) is 0 Å². The van der Waals surface area contributed by atoms with E-state index in [0.717, 1.165) is 31.2 Å². The Morgan fingerprint density at radius 3 is 1.75 bits per heavy atom. The Balaban J connectivity index is 1.80. The van der Waals surface area contributed by atoms with Gasteiger partial charge in [0.05, 0.1) is 4.90 Å². The lowest BCUT2D eigenvalue weighted by atomic mass is 10.0. The average molecular weight is 290 g/mol. The van der Waals surface area contributed by atoms with E-state index in [1.54, 1.807) is 12.1 Å². The maximum atomic E-state index is 10.9. The molecule has 0 unspecified atom stereocenters. The van der Waals surface area contributed by atoms with Crippen LogP contribution in [0.1, 0.15) is 24.0 Å². The van der Waals surface area contributed by atoms with E-state index in [1.165, 1.54) is 17.7 Å². The predicted octanol–water partition coefficient (Wildman–Crippen LogP) is 3.50. The first-order valence-corrected chi connectivity index (χ1v) is 8.10. The van der Waals surface area contributed by atoms with Gasteiger partial charge in [-0.25, -0.2) is 0 Å². The molecule has 106 valence electrons. The second-order valence-electron chi connectivity index (χ2n) is 4.81. The number of benzene rings is 2. The molecule has 3 nitrogen and oxygen atoms in total. The third-order valence-electron chi connectivity index (χ3n) is 3.24. The van der Waals surface area contributed by atoms with Crippen molar-refractivity contribution in [3.05, 3.63) is 65.7 Å². The molecule has 0 spiro atoms. The zero-order valence-electron chi connectivity index (χ0n) is 11.2. The van der Waals surface area contributed by atoms with Crippen LogP contribution in [0, 0.1) is 0 Å². The Bertz CT molecular complexity index is 631. The third-order valence-corrected chi connectivity index (χ3v) is 4.11. The molecule has 0 atom stereocenters. The highest BCUT2D eigenvalue weighted by molar-refractivity contribution is 7.85. The average Bonchev–Trinajstić information content (AvgIpc) is 2.44. The number of rotatable bonds is 6. The molecule has 0 amide bonds. The summed E-state index contributed by atoms with van der Waals surface area (Å²) in [6, 6.07) is 16.8. The molecule has 0 saturated heterocycles. The second kappa shape index (κ2) is 6.68. The summed E-state index contributed by atoms with van der Waals surface area (Å²) in [5, 5.41) is 0. The van der Waals surface area contributed by atoms with Crippen LogP contribution < -0.4 is 0 Å². The molecule has 0 aromatic heterocycles. The fourth-order valence-electron chi connectivity index (χ4n) is 2.13. The molecule has 0 bridgehead atoms. The first-order valence-electron chi connectivity index (χ1n) is 6.66. The Morgan fingerprint density at radius 1 is 0.750 bits per heavy atom. The van der Waals surface area contributed by atoms with Crippen molar-refractivity contribution in [1.82, 2.24) is 0 Å². The lowest BCUT2D eigenvalue weighted by molar-refractivity contribution is 0.483. The predicted molar refractivity (Wildman–Crippen MR) is 79.3 cm³/mol. The van der Waals surface area contributed by atoms with Crippen molar-refractivity contribution in [2.75, 3.05) is 0 Å². The molecule has 0 aliphatic heterocycles. The zero-order valence-corrected chi connectivity index (χ0v) is 12.0. The minimum atomic E-state index is -4.08. The van der Waals surface area contributed by atoms with Gasteiger partial charge in [-0.3, -0.25) is 4.55 Å². The van der Waals surface area contributed by atoms with Crippen molar-refractivity contribution < 1.29 is 13.0 Å². The molecule has 2 rings (SSSR count). The highest BCUT2D eigenvalue weighted by Gasteiger charge is 2.08. The molecule has 2 aromatic carbocycles. The molecule has 0 radical (unpaired) electrons. The molecule has 20 heavy (non-hydrogen) atoms. The summed E-state index contributed by atoms with van der Waals surface area (Å²) in [6.07, 6.45) is 4.13. The topological polar surface area (TPSA) is 54.4 Å². The van der Waals surface area contributed by atoms with E-state index in [0.29, 0.717) is 0 Å². The van der Waals surface area contributed by atoms with E-state index in [4.69, 9.17) is 4.55 Å².